The summed E-state index contributed by atoms with van der Waals surface area (Å²) in [5.41, 5.74) is 0.590. The highest BCUT2D eigenvalue weighted by Gasteiger charge is 2.31. The highest BCUT2D eigenvalue weighted by molar-refractivity contribution is 5.92. The van der Waals surface area contributed by atoms with Crippen LogP contribution in [0.3, 0.4) is 0 Å². The maximum Gasteiger partial charge on any atom is 0.406 e. The monoisotopic (exact) mass is 247 g/mol. The fourth-order valence-corrected chi connectivity index (χ4v) is 1.24. The maximum absolute atomic E-state index is 12.1. The number of aromatic nitrogens is 1. The lowest BCUT2D eigenvalue weighted by Crippen LogP contribution is -2.36. The minimum atomic E-state index is -4.41. The number of carbonyl (C=O) groups is 1. The molecule has 0 saturated heterocycles. The number of rotatable bonds is 3. The number of hydrogen-bond donors (Lipinski definition) is 1. The molecule has 1 N–H and O–H groups in total. The summed E-state index contributed by atoms with van der Waals surface area (Å²) >= 11 is 0. The summed E-state index contributed by atoms with van der Waals surface area (Å²) in [7, 11) is 2.73. The quantitative estimate of drug-likeness (QED) is 0.885. The zero-order valence-corrected chi connectivity index (χ0v) is 9.38. The molecule has 7 heteroatoms. The standard InChI is InChI=1S/C10H12F3N3O/c1-14-7-3-4-15-8(5-7)9(17)16(2)6-10(11,12)13/h3-5H,6H2,1-2H3,(H,14,15). The lowest BCUT2D eigenvalue weighted by atomic mass is 10.3. The minimum Gasteiger partial charge on any atom is -0.388 e. The van der Waals surface area contributed by atoms with Crippen LogP contribution in [0, 0.1) is 0 Å². The Balaban J connectivity index is 2.81. The SMILES string of the molecule is CNc1ccnc(C(=O)N(C)CC(F)(F)F)c1. The number of pyridine rings is 1. The number of nitrogens with zero attached hydrogens (tertiary/aromatic N) is 2. The number of alkyl halides is 3. The fourth-order valence-electron chi connectivity index (χ4n) is 1.24. The third-order valence-electron chi connectivity index (χ3n) is 2.03. The predicted molar refractivity (Wildman–Crippen MR) is 56.8 cm³/mol. The molecule has 0 aliphatic rings. The molecule has 0 spiro atoms. The van der Waals surface area contributed by atoms with Gasteiger partial charge in [0.15, 0.2) is 0 Å². The molecule has 0 fully saturated rings. The van der Waals surface area contributed by atoms with Gasteiger partial charge in [0.25, 0.3) is 5.91 Å². The molecule has 94 valence electrons. The molecular weight excluding hydrogens is 235 g/mol. The second kappa shape index (κ2) is 5.03. The van der Waals surface area contributed by atoms with E-state index in [-0.39, 0.29) is 5.69 Å². The van der Waals surface area contributed by atoms with Gasteiger partial charge in [0.1, 0.15) is 12.2 Å². The van der Waals surface area contributed by atoms with Gasteiger partial charge in [0, 0.05) is 26.0 Å². The van der Waals surface area contributed by atoms with Crippen LogP contribution in [0.5, 0.6) is 0 Å². The largest absolute Gasteiger partial charge is 0.406 e. The summed E-state index contributed by atoms with van der Waals surface area (Å²) in [6, 6.07) is 3.01. The Kier molecular flexibility index (Phi) is 3.93. The molecule has 1 rings (SSSR count). The summed E-state index contributed by atoms with van der Waals surface area (Å²) in [4.78, 5) is 16.0. The van der Waals surface area contributed by atoms with Crippen LogP contribution in [-0.4, -0.2) is 42.6 Å². The van der Waals surface area contributed by atoms with Crippen LogP contribution in [-0.2, 0) is 0 Å². The highest BCUT2D eigenvalue weighted by Crippen LogP contribution is 2.17. The lowest BCUT2D eigenvalue weighted by Gasteiger charge is -2.18. The van der Waals surface area contributed by atoms with E-state index in [1.807, 2.05) is 0 Å². The van der Waals surface area contributed by atoms with Gasteiger partial charge < -0.3 is 10.2 Å². The lowest BCUT2D eigenvalue weighted by molar-refractivity contribution is -0.138. The molecule has 0 aliphatic heterocycles. The van der Waals surface area contributed by atoms with E-state index in [4.69, 9.17) is 0 Å². The van der Waals surface area contributed by atoms with E-state index in [9.17, 15) is 18.0 Å². The number of anilines is 1. The zero-order valence-electron chi connectivity index (χ0n) is 9.38. The van der Waals surface area contributed by atoms with Crippen LogP contribution in [0.25, 0.3) is 0 Å². The van der Waals surface area contributed by atoms with Gasteiger partial charge in [-0.05, 0) is 12.1 Å². The van der Waals surface area contributed by atoms with E-state index < -0.39 is 18.6 Å². The van der Waals surface area contributed by atoms with Crippen molar-refractivity contribution in [3.63, 3.8) is 0 Å². The Morgan fingerprint density at radius 1 is 1.53 bits per heavy atom. The second-order valence-corrected chi connectivity index (χ2v) is 3.46. The first-order valence-electron chi connectivity index (χ1n) is 4.79. The molecule has 0 aromatic carbocycles. The Labute approximate surface area is 96.4 Å². The van der Waals surface area contributed by atoms with Gasteiger partial charge in [-0.1, -0.05) is 0 Å². The average Bonchev–Trinajstić information content (AvgIpc) is 2.26. The van der Waals surface area contributed by atoms with E-state index in [0.29, 0.717) is 10.6 Å². The third-order valence-corrected chi connectivity index (χ3v) is 2.03. The molecule has 0 aliphatic carbocycles. The van der Waals surface area contributed by atoms with Gasteiger partial charge in [-0.15, -0.1) is 0 Å². The van der Waals surface area contributed by atoms with E-state index in [1.54, 1.807) is 13.1 Å². The number of carbonyl (C=O) groups excluding carboxylic acids is 1. The molecule has 0 radical (unpaired) electrons. The summed E-state index contributed by atoms with van der Waals surface area (Å²) in [5.74, 6) is -0.764. The van der Waals surface area contributed by atoms with Crippen molar-refractivity contribution in [2.75, 3.05) is 26.0 Å². The van der Waals surface area contributed by atoms with Crippen molar-refractivity contribution in [3.8, 4) is 0 Å². The number of hydrogen-bond acceptors (Lipinski definition) is 3. The van der Waals surface area contributed by atoms with Crippen molar-refractivity contribution in [1.29, 1.82) is 0 Å². The smallest absolute Gasteiger partial charge is 0.388 e. The molecule has 0 atom stereocenters. The van der Waals surface area contributed by atoms with E-state index in [0.717, 1.165) is 7.05 Å². The van der Waals surface area contributed by atoms with Crippen LogP contribution in [0.4, 0.5) is 18.9 Å². The summed E-state index contributed by atoms with van der Waals surface area (Å²) in [5, 5.41) is 2.78. The minimum absolute atomic E-state index is 0.0244. The molecule has 17 heavy (non-hydrogen) atoms. The van der Waals surface area contributed by atoms with Crippen LogP contribution < -0.4 is 5.32 Å². The molecule has 0 saturated carbocycles. The third kappa shape index (κ3) is 3.93. The molecular formula is C10H12F3N3O. The molecule has 0 unspecified atom stereocenters. The van der Waals surface area contributed by atoms with Crippen LogP contribution >= 0.6 is 0 Å². The number of halogens is 3. The van der Waals surface area contributed by atoms with Crippen LogP contribution in [0.2, 0.25) is 0 Å². The van der Waals surface area contributed by atoms with Crippen LogP contribution in [0.15, 0.2) is 18.3 Å². The molecule has 1 heterocycles. The van der Waals surface area contributed by atoms with E-state index in [1.165, 1.54) is 12.3 Å². The average molecular weight is 247 g/mol. The van der Waals surface area contributed by atoms with Crippen molar-refractivity contribution in [3.05, 3.63) is 24.0 Å². The molecule has 1 aromatic rings. The Morgan fingerprint density at radius 3 is 2.71 bits per heavy atom. The summed E-state index contributed by atoms with van der Waals surface area (Å²) in [6.07, 6.45) is -3.05. The van der Waals surface area contributed by atoms with E-state index >= 15 is 0 Å². The summed E-state index contributed by atoms with van der Waals surface area (Å²) in [6.45, 7) is -1.29. The number of nitrogens with one attached hydrogen (secondary N) is 1. The van der Waals surface area contributed by atoms with Crippen LogP contribution in [0.1, 0.15) is 10.5 Å². The van der Waals surface area contributed by atoms with Gasteiger partial charge in [-0.3, -0.25) is 9.78 Å². The topological polar surface area (TPSA) is 45.2 Å². The Morgan fingerprint density at radius 2 is 2.18 bits per heavy atom. The second-order valence-electron chi connectivity index (χ2n) is 3.46. The molecule has 0 bridgehead atoms. The molecule has 1 amide bonds. The Bertz CT molecular complexity index is 406. The Hall–Kier alpha value is -1.79. The predicted octanol–water partition coefficient (Wildman–Crippen LogP) is 1.76. The van der Waals surface area contributed by atoms with E-state index in [2.05, 4.69) is 10.3 Å². The number of amides is 1. The maximum atomic E-state index is 12.1. The van der Waals surface area contributed by atoms with Gasteiger partial charge >= 0.3 is 6.18 Å². The molecule has 1 aromatic heterocycles. The van der Waals surface area contributed by atoms with Gasteiger partial charge in [0.2, 0.25) is 0 Å². The first-order valence-corrected chi connectivity index (χ1v) is 4.79. The fraction of sp³-hybridized carbons (Fsp3) is 0.400. The van der Waals surface area contributed by atoms with Gasteiger partial charge in [0.05, 0.1) is 0 Å². The van der Waals surface area contributed by atoms with Crippen molar-refractivity contribution in [1.82, 2.24) is 9.88 Å². The van der Waals surface area contributed by atoms with Crippen molar-refractivity contribution >= 4 is 11.6 Å². The highest BCUT2D eigenvalue weighted by atomic mass is 19.4. The van der Waals surface area contributed by atoms with Crippen molar-refractivity contribution in [2.45, 2.75) is 6.18 Å². The summed E-state index contributed by atoms with van der Waals surface area (Å²) < 4.78 is 36.3. The van der Waals surface area contributed by atoms with Gasteiger partial charge in [-0.2, -0.15) is 13.2 Å². The molecule has 4 nitrogen and oxygen atoms in total. The van der Waals surface area contributed by atoms with Crippen molar-refractivity contribution in [2.24, 2.45) is 0 Å². The van der Waals surface area contributed by atoms with Gasteiger partial charge in [-0.25, -0.2) is 0 Å². The first kappa shape index (κ1) is 13.3. The zero-order chi connectivity index (χ0) is 13.1. The first-order chi connectivity index (χ1) is 7.83. The van der Waals surface area contributed by atoms with Crippen molar-refractivity contribution < 1.29 is 18.0 Å². The normalized spacial score (nSPS) is 11.1.